The average Bonchev–Trinajstić information content (AvgIpc) is 3.24. The fourth-order valence-electron chi connectivity index (χ4n) is 7.05. The van der Waals surface area contributed by atoms with Crippen LogP contribution in [0.25, 0.3) is 42.3 Å². The van der Waals surface area contributed by atoms with Gasteiger partial charge in [0.2, 0.25) is 0 Å². The highest BCUT2D eigenvalue weighted by Crippen LogP contribution is 2.42. The molecule has 0 fully saturated rings. The van der Waals surface area contributed by atoms with Gasteiger partial charge in [-0.3, -0.25) is 0 Å². The molecule has 0 saturated carbocycles. The van der Waals surface area contributed by atoms with Crippen LogP contribution in [0.4, 0.5) is 0 Å². The first-order valence-electron chi connectivity index (χ1n) is 15.2. The van der Waals surface area contributed by atoms with E-state index in [1.807, 2.05) is 11.3 Å². The van der Waals surface area contributed by atoms with E-state index in [9.17, 15) is 0 Å². The monoisotopic (exact) mass is 553 g/mol. The Balaban J connectivity index is 1.82. The highest BCUT2D eigenvalue weighted by molar-refractivity contribution is 7.28. The van der Waals surface area contributed by atoms with Crippen LogP contribution in [0.5, 0.6) is 0 Å². The Labute approximate surface area is 241 Å². The van der Waals surface area contributed by atoms with Crippen LogP contribution in [-0.4, -0.2) is 18.0 Å². The molecule has 0 atom stereocenters. The Kier molecular flexibility index (Phi) is 7.61. The summed E-state index contributed by atoms with van der Waals surface area (Å²) in [6, 6.07) is 24.0. The fourth-order valence-corrected chi connectivity index (χ4v) is 15.9. The van der Waals surface area contributed by atoms with Crippen LogP contribution in [0, 0.1) is 17.8 Å². The van der Waals surface area contributed by atoms with Crippen molar-refractivity contribution >= 4 is 55.7 Å². The van der Waals surface area contributed by atoms with Crippen molar-refractivity contribution in [1.29, 1.82) is 0 Å². The SMILES string of the molecule is [2H]c1nc(-c2cc(C(C)C)c3ccccc3c2)c2sc3c([Si](CC(C)C)(CC(C)C)CC(C)C)cccc3c2n1. The van der Waals surface area contributed by atoms with Gasteiger partial charge in [-0.2, -0.15) is 0 Å². The molecule has 0 bridgehead atoms. The van der Waals surface area contributed by atoms with E-state index in [1.54, 1.807) is 5.19 Å². The van der Waals surface area contributed by atoms with E-state index in [0.29, 0.717) is 23.7 Å². The Morgan fingerprint density at radius 3 is 2.03 bits per heavy atom. The number of hydrogen-bond acceptors (Lipinski definition) is 3. The zero-order chi connectivity index (χ0) is 28.8. The van der Waals surface area contributed by atoms with Crippen LogP contribution in [0.15, 0.2) is 60.9 Å². The molecule has 4 heteroatoms. The molecular formula is C35H44N2SSi. The van der Waals surface area contributed by atoms with Crippen LogP contribution in [0.1, 0.15) is 68.2 Å². The summed E-state index contributed by atoms with van der Waals surface area (Å²) < 4.78 is 11.1. The number of fused-ring (bicyclic) bond motifs is 4. The largest absolute Gasteiger partial charge is 0.235 e. The summed E-state index contributed by atoms with van der Waals surface area (Å²) in [5.74, 6) is 2.38. The van der Waals surface area contributed by atoms with Gasteiger partial charge in [0.1, 0.15) is 7.67 Å². The third-order valence-electron chi connectivity index (χ3n) is 7.99. The summed E-state index contributed by atoms with van der Waals surface area (Å²) in [5.41, 5.74) is 4.26. The number of hydrogen-bond donors (Lipinski definition) is 0. The van der Waals surface area contributed by atoms with Gasteiger partial charge in [0.05, 0.1) is 24.0 Å². The molecule has 2 heterocycles. The molecule has 2 aromatic heterocycles. The van der Waals surface area contributed by atoms with Crippen LogP contribution >= 0.6 is 11.3 Å². The van der Waals surface area contributed by atoms with Crippen molar-refractivity contribution in [2.75, 3.05) is 0 Å². The Bertz CT molecular complexity index is 1640. The molecule has 0 aliphatic rings. The van der Waals surface area contributed by atoms with E-state index in [-0.39, 0.29) is 6.30 Å². The minimum absolute atomic E-state index is 0.0990. The lowest BCUT2D eigenvalue weighted by atomic mass is 9.92. The van der Waals surface area contributed by atoms with Crippen molar-refractivity contribution in [3.05, 3.63) is 66.5 Å². The lowest BCUT2D eigenvalue weighted by molar-refractivity contribution is 0.650. The first-order chi connectivity index (χ1) is 19.0. The molecule has 3 aromatic carbocycles. The molecule has 5 aromatic rings. The van der Waals surface area contributed by atoms with Gasteiger partial charge in [-0.05, 0) is 57.3 Å². The lowest BCUT2D eigenvalue weighted by Gasteiger charge is -2.37. The van der Waals surface area contributed by atoms with Crippen molar-refractivity contribution in [1.82, 2.24) is 9.97 Å². The maximum absolute atomic E-state index is 8.63. The summed E-state index contributed by atoms with van der Waals surface area (Å²) in [4.78, 5) is 9.55. The zero-order valence-corrected chi connectivity index (χ0v) is 26.7. The molecule has 0 amide bonds. The third kappa shape index (κ3) is 5.43. The molecule has 0 aliphatic carbocycles. The van der Waals surface area contributed by atoms with Crippen LogP contribution in [0.3, 0.4) is 0 Å². The summed E-state index contributed by atoms with van der Waals surface area (Å²) in [7, 11) is -1.84. The minimum atomic E-state index is -1.84. The standard InChI is InChI=1S/C35H44N2SSi/c1-22(2)18-39(19-23(3)4,20-24(5)6)31-15-11-14-29-33-35(38-34(29)31)32(36-21-37-33)27-16-26-12-9-10-13-28(26)30(17-27)25(7)8/h9-17,21-25H,18-20H2,1-8H3/i21D. The van der Waals surface area contributed by atoms with Crippen molar-refractivity contribution in [3.8, 4) is 11.3 Å². The average molecular weight is 554 g/mol. The fraction of sp³-hybridized carbons (Fsp3) is 0.429. The van der Waals surface area contributed by atoms with Crippen LogP contribution in [-0.2, 0) is 0 Å². The van der Waals surface area contributed by atoms with Crippen LogP contribution < -0.4 is 5.19 Å². The number of aromatic nitrogens is 2. The number of nitrogens with zero attached hydrogens (tertiary/aromatic N) is 2. The lowest BCUT2D eigenvalue weighted by Crippen LogP contribution is -2.50. The highest BCUT2D eigenvalue weighted by atomic mass is 32.1. The van der Waals surface area contributed by atoms with Gasteiger partial charge in [-0.25, -0.2) is 9.97 Å². The Morgan fingerprint density at radius 1 is 0.744 bits per heavy atom. The molecule has 0 radical (unpaired) electrons. The summed E-state index contributed by atoms with van der Waals surface area (Å²) in [6.45, 7) is 18.9. The predicted octanol–water partition coefficient (Wildman–Crippen LogP) is 10.4. The van der Waals surface area contributed by atoms with Gasteiger partial charge < -0.3 is 0 Å². The van der Waals surface area contributed by atoms with Gasteiger partial charge in [-0.15, -0.1) is 11.3 Å². The second kappa shape index (κ2) is 11.1. The third-order valence-corrected chi connectivity index (χ3v) is 15.8. The molecule has 0 N–H and O–H groups in total. The number of benzene rings is 3. The van der Waals surface area contributed by atoms with E-state index < -0.39 is 8.07 Å². The van der Waals surface area contributed by atoms with E-state index in [4.69, 9.17) is 11.3 Å². The molecule has 0 unspecified atom stereocenters. The maximum Gasteiger partial charge on any atom is 0.116 e. The van der Waals surface area contributed by atoms with Crippen molar-refractivity contribution < 1.29 is 1.37 Å². The summed E-state index contributed by atoms with van der Waals surface area (Å²) in [6.07, 6.45) is 0.0990. The topological polar surface area (TPSA) is 25.8 Å². The summed E-state index contributed by atoms with van der Waals surface area (Å²) in [5, 5.41) is 5.32. The van der Waals surface area contributed by atoms with Crippen molar-refractivity contribution in [2.45, 2.75) is 79.4 Å². The van der Waals surface area contributed by atoms with Crippen LogP contribution in [0.2, 0.25) is 18.1 Å². The molecule has 204 valence electrons. The van der Waals surface area contributed by atoms with Crippen molar-refractivity contribution in [3.63, 3.8) is 0 Å². The summed E-state index contributed by atoms with van der Waals surface area (Å²) >= 11 is 1.87. The molecule has 2 nitrogen and oxygen atoms in total. The molecule has 0 spiro atoms. The molecule has 5 rings (SSSR count). The number of rotatable bonds is 9. The predicted molar refractivity (Wildman–Crippen MR) is 176 cm³/mol. The van der Waals surface area contributed by atoms with Gasteiger partial charge in [-0.1, -0.05) is 116 Å². The second-order valence-corrected chi connectivity index (χ2v) is 18.5. The van der Waals surface area contributed by atoms with Crippen molar-refractivity contribution in [2.24, 2.45) is 17.8 Å². The normalized spacial score (nSPS) is 13.2. The molecular weight excluding hydrogens is 509 g/mol. The first-order valence-corrected chi connectivity index (χ1v) is 18.2. The number of thiophene rings is 1. The molecule has 0 saturated heterocycles. The zero-order valence-electron chi connectivity index (χ0n) is 25.9. The van der Waals surface area contributed by atoms with E-state index >= 15 is 0 Å². The van der Waals surface area contributed by atoms with E-state index in [0.717, 1.165) is 21.5 Å². The van der Waals surface area contributed by atoms with Gasteiger partial charge in [0.15, 0.2) is 0 Å². The maximum atomic E-state index is 8.63. The van der Waals surface area contributed by atoms with Gasteiger partial charge in [0, 0.05) is 15.6 Å². The van der Waals surface area contributed by atoms with Gasteiger partial charge >= 0.3 is 0 Å². The Morgan fingerprint density at radius 2 is 1.38 bits per heavy atom. The van der Waals surface area contributed by atoms with E-state index in [2.05, 4.69) is 110 Å². The smallest absolute Gasteiger partial charge is 0.116 e. The highest BCUT2D eigenvalue weighted by Gasteiger charge is 2.38. The first kappa shape index (κ1) is 26.6. The van der Waals surface area contributed by atoms with E-state index in [1.165, 1.54) is 44.6 Å². The minimum Gasteiger partial charge on any atom is -0.235 e. The van der Waals surface area contributed by atoms with Gasteiger partial charge in [0.25, 0.3) is 0 Å². The molecule has 39 heavy (non-hydrogen) atoms. The molecule has 0 aliphatic heterocycles. The second-order valence-electron chi connectivity index (χ2n) is 13.1. The quantitative estimate of drug-likeness (QED) is 0.170. The Hall–Kier alpha value is -2.56.